The van der Waals surface area contributed by atoms with Crippen LogP contribution in [-0.2, 0) is 0 Å². The van der Waals surface area contributed by atoms with Gasteiger partial charge in [-0.15, -0.1) is 0 Å². The Labute approximate surface area is 99.3 Å². The van der Waals surface area contributed by atoms with E-state index in [-0.39, 0.29) is 0 Å². The molecule has 0 aromatic heterocycles. The average Bonchev–Trinajstić information content (AvgIpc) is 2.29. The van der Waals surface area contributed by atoms with Crippen LogP contribution in [0.4, 0.5) is 0 Å². The molecule has 0 radical (unpaired) electrons. The van der Waals surface area contributed by atoms with Crippen molar-refractivity contribution in [1.82, 2.24) is 5.32 Å². The van der Waals surface area contributed by atoms with Gasteiger partial charge in [-0.3, -0.25) is 0 Å². The fourth-order valence-electron chi connectivity index (χ4n) is 2.71. The molecule has 1 aromatic carbocycles. The smallest absolute Gasteiger partial charge is 0.0325 e. The zero-order chi connectivity index (χ0) is 11.5. The molecule has 1 aliphatic heterocycles. The molecule has 3 atom stereocenters. The lowest BCUT2D eigenvalue weighted by Gasteiger charge is -2.37. The summed E-state index contributed by atoms with van der Waals surface area (Å²) in [5.74, 6) is 1.56. The van der Waals surface area contributed by atoms with Crippen LogP contribution in [-0.4, -0.2) is 6.04 Å². The molecule has 0 unspecified atom stereocenters. The first kappa shape index (κ1) is 11.7. The second kappa shape index (κ2) is 5.01. The van der Waals surface area contributed by atoms with Crippen molar-refractivity contribution in [3.63, 3.8) is 0 Å². The van der Waals surface area contributed by atoms with Crippen molar-refractivity contribution in [3.8, 4) is 0 Å². The molecule has 1 saturated heterocycles. The third-order valence-electron chi connectivity index (χ3n) is 3.72. The van der Waals surface area contributed by atoms with Gasteiger partial charge in [0.15, 0.2) is 0 Å². The Morgan fingerprint density at radius 3 is 2.44 bits per heavy atom. The quantitative estimate of drug-likeness (QED) is 0.795. The Morgan fingerprint density at radius 1 is 1.12 bits per heavy atom. The van der Waals surface area contributed by atoms with Crippen LogP contribution in [0.2, 0.25) is 0 Å². The summed E-state index contributed by atoms with van der Waals surface area (Å²) >= 11 is 0. The van der Waals surface area contributed by atoms with E-state index in [4.69, 9.17) is 0 Å². The van der Waals surface area contributed by atoms with E-state index in [0.29, 0.717) is 12.1 Å². The maximum Gasteiger partial charge on any atom is 0.0325 e. The predicted molar refractivity (Wildman–Crippen MR) is 69.3 cm³/mol. The van der Waals surface area contributed by atoms with Crippen LogP contribution in [0.5, 0.6) is 0 Å². The number of piperidine rings is 1. The summed E-state index contributed by atoms with van der Waals surface area (Å²) in [4.78, 5) is 0. The highest BCUT2D eigenvalue weighted by atomic mass is 15.0. The second-order valence-corrected chi connectivity index (χ2v) is 5.56. The van der Waals surface area contributed by atoms with Crippen LogP contribution in [0.3, 0.4) is 0 Å². The monoisotopic (exact) mass is 217 g/mol. The third kappa shape index (κ3) is 2.65. The van der Waals surface area contributed by atoms with Gasteiger partial charge in [-0.05, 0) is 30.2 Å². The summed E-state index contributed by atoms with van der Waals surface area (Å²) in [7, 11) is 0. The standard InChI is InChI=1S/C15H23N/c1-11(2)14-9-12(3)10-15(16-14)13-7-5-4-6-8-13/h4-8,11-12,14-16H,9-10H2,1-3H3/t12-,14+,15-/m1/s1. The van der Waals surface area contributed by atoms with E-state index >= 15 is 0 Å². The van der Waals surface area contributed by atoms with Gasteiger partial charge in [0.25, 0.3) is 0 Å². The molecule has 16 heavy (non-hydrogen) atoms. The van der Waals surface area contributed by atoms with Crippen molar-refractivity contribution in [1.29, 1.82) is 0 Å². The van der Waals surface area contributed by atoms with Gasteiger partial charge in [0.05, 0.1) is 0 Å². The van der Waals surface area contributed by atoms with Gasteiger partial charge in [-0.1, -0.05) is 51.1 Å². The largest absolute Gasteiger partial charge is 0.307 e. The summed E-state index contributed by atoms with van der Waals surface area (Å²) in [6.07, 6.45) is 2.59. The lowest BCUT2D eigenvalue weighted by atomic mass is 9.82. The predicted octanol–water partition coefficient (Wildman–Crippen LogP) is 3.77. The molecular formula is C15H23N. The van der Waals surface area contributed by atoms with Crippen LogP contribution in [0, 0.1) is 11.8 Å². The van der Waals surface area contributed by atoms with Crippen molar-refractivity contribution in [3.05, 3.63) is 35.9 Å². The molecule has 0 saturated carbocycles. The molecule has 1 heterocycles. The lowest BCUT2D eigenvalue weighted by molar-refractivity contribution is 0.217. The summed E-state index contributed by atoms with van der Waals surface area (Å²) in [6, 6.07) is 12.1. The Morgan fingerprint density at radius 2 is 1.81 bits per heavy atom. The minimum atomic E-state index is 0.553. The highest BCUT2D eigenvalue weighted by Gasteiger charge is 2.27. The Hall–Kier alpha value is -0.820. The van der Waals surface area contributed by atoms with Crippen LogP contribution >= 0.6 is 0 Å². The molecule has 1 aliphatic rings. The molecule has 1 fully saturated rings. The highest BCUT2D eigenvalue weighted by Crippen LogP contribution is 2.31. The SMILES string of the molecule is CC(C)[C@@H]1C[C@@H](C)C[C@H](c2ccccc2)N1. The topological polar surface area (TPSA) is 12.0 Å². The third-order valence-corrected chi connectivity index (χ3v) is 3.72. The van der Waals surface area contributed by atoms with Crippen LogP contribution in [0.25, 0.3) is 0 Å². The zero-order valence-electron chi connectivity index (χ0n) is 10.6. The number of nitrogens with one attached hydrogen (secondary N) is 1. The number of hydrogen-bond donors (Lipinski definition) is 1. The van der Waals surface area contributed by atoms with E-state index in [2.05, 4.69) is 56.4 Å². The number of hydrogen-bond acceptors (Lipinski definition) is 1. The van der Waals surface area contributed by atoms with Crippen molar-refractivity contribution in [2.45, 2.75) is 45.7 Å². The van der Waals surface area contributed by atoms with E-state index in [1.807, 2.05) is 0 Å². The molecule has 1 nitrogen and oxygen atoms in total. The van der Waals surface area contributed by atoms with Gasteiger partial charge < -0.3 is 5.32 Å². The first-order chi connectivity index (χ1) is 7.66. The maximum absolute atomic E-state index is 3.80. The van der Waals surface area contributed by atoms with Gasteiger partial charge in [0, 0.05) is 12.1 Å². The molecule has 2 rings (SSSR count). The average molecular weight is 217 g/mol. The van der Waals surface area contributed by atoms with Gasteiger partial charge in [-0.2, -0.15) is 0 Å². The molecule has 88 valence electrons. The Bertz CT molecular complexity index is 317. The molecule has 0 amide bonds. The normalized spacial score (nSPS) is 30.6. The fraction of sp³-hybridized carbons (Fsp3) is 0.600. The summed E-state index contributed by atoms with van der Waals surface area (Å²) in [6.45, 7) is 7.02. The van der Waals surface area contributed by atoms with Gasteiger partial charge in [0.1, 0.15) is 0 Å². The van der Waals surface area contributed by atoms with Crippen LogP contribution < -0.4 is 5.32 Å². The maximum atomic E-state index is 3.80. The van der Waals surface area contributed by atoms with Crippen molar-refractivity contribution in [2.75, 3.05) is 0 Å². The molecular weight excluding hydrogens is 194 g/mol. The van der Waals surface area contributed by atoms with Crippen molar-refractivity contribution < 1.29 is 0 Å². The molecule has 1 heteroatoms. The first-order valence-electron chi connectivity index (χ1n) is 6.48. The van der Waals surface area contributed by atoms with Gasteiger partial charge in [0.2, 0.25) is 0 Å². The summed E-state index contributed by atoms with van der Waals surface area (Å²) < 4.78 is 0. The van der Waals surface area contributed by atoms with Crippen LogP contribution in [0.1, 0.15) is 45.2 Å². The van der Waals surface area contributed by atoms with E-state index in [1.165, 1.54) is 18.4 Å². The van der Waals surface area contributed by atoms with Gasteiger partial charge in [-0.25, -0.2) is 0 Å². The Balaban J connectivity index is 2.11. The lowest BCUT2D eigenvalue weighted by Crippen LogP contribution is -2.42. The highest BCUT2D eigenvalue weighted by molar-refractivity contribution is 5.19. The number of benzene rings is 1. The van der Waals surface area contributed by atoms with Crippen molar-refractivity contribution >= 4 is 0 Å². The van der Waals surface area contributed by atoms with E-state index in [0.717, 1.165) is 11.8 Å². The van der Waals surface area contributed by atoms with E-state index in [9.17, 15) is 0 Å². The molecule has 1 aromatic rings. The van der Waals surface area contributed by atoms with E-state index < -0.39 is 0 Å². The summed E-state index contributed by atoms with van der Waals surface area (Å²) in [5.41, 5.74) is 1.44. The molecule has 0 spiro atoms. The molecule has 1 N–H and O–H groups in total. The van der Waals surface area contributed by atoms with Gasteiger partial charge >= 0.3 is 0 Å². The first-order valence-corrected chi connectivity index (χ1v) is 6.48. The second-order valence-electron chi connectivity index (χ2n) is 5.56. The number of rotatable bonds is 2. The molecule has 0 bridgehead atoms. The minimum Gasteiger partial charge on any atom is -0.307 e. The van der Waals surface area contributed by atoms with Crippen molar-refractivity contribution in [2.24, 2.45) is 11.8 Å². The minimum absolute atomic E-state index is 0.553. The summed E-state index contributed by atoms with van der Waals surface area (Å²) in [5, 5.41) is 3.80. The zero-order valence-corrected chi connectivity index (χ0v) is 10.6. The van der Waals surface area contributed by atoms with Crippen LogP contribution in [0.15, 0.2) is 30.3 Å². The Kier molecular flexibility index (Phi) is 3.65. The fourth-order valence-corrected chi connectivity index (χ4v) is 2.71. The van der Waals surface area contributed by atoms with E-state index in [1.54, 1.807) is 0 Å². The molecule has 0 aliphatic carbocycles.